The summed E-state index contributed by atoms with van der Waals surface area (Å²) in [5, 5.41) is 8.54. The Bertz CT molecular complexity index is 1460. The summed E-state index contributed by atoms with van der Waals surface area (Å²) in [4.78, 5) is 16.5. The van der Waals surface area contributed by atoms with Crippen LogP contribution in [0, 0.1) is 13.8 Å². The Morgan fingerprint density at radius 2 is 1.81 bits per heavy atom. The molecule has 0 unspecified atom stereocenters. The minimum atomic E-state index is 0.676. The number of aromatic nitrogens is 6. The van der Waals surface area contributed by atoms with Gasteiger partial charge in [0.25, 0.3) is 0 Å². The van der Waals surface area contributed by atoms with Crippen LogP contribution in [0.1, 0.15) is 22.4 Å². The van der Waals surface area contributed by atoms with Gasteiger partial charge in [-0.3, -0.25) is 15.1 Å². The number of aryl methyl sites for hydroxylation is 2. The van der Waals surface area contributed by atoms with Gasteiger partial charge in [0.05, 0.1) is 11.4 Å². The number of allylic oxidation sites excluding steroid dienone is 2. The van der Waals surface area contributed by atoms with Crippen LogP contribution in [0.4, 0.5) is 0 Å². The number of H-pyrrole nitrogens is 2. The topological polar surface area (TPSA) is 83.1 Å². The number of aromatic amines is 2. The van der Waals surface area contributed by atoms with Gasteiger partial charge in [0, 0.05) is 58.8 Å². The number of nitrogens with one attached hydrogen (secondary N) is 2. The van der Waals surface area contributed by atoms with E-state index in [4.69, 9.17) is 0 Å². The molecular weight excluding hydrogens is 396 g/mol. The second kappa shape index (κ2) is 8.07. The van der Waals surface area contributed by atoms with E-state index in [0.717, 1.165) is 55.9 Å². The zero-order chi connectivity index (χ0) is 22.1. The van der Waals surface area contributed by atoms with Crippen LogP contribution >= 0.6 is 0 Å². The van der Waals surface area contributed by atoms with Gasteiger partial charge in [-0.25, -0.2) is 4.98 Å². The van der Waals surface area contributed by atoms with Crippen molar-refractivity contribution in [3.05, 3.63) is 102 Å². The van der Waals surface area contributed by atoms with Crippen molar-refractivity contribution in [3.8, 4) is 22.5 Å². The highest BCUT2D eigenvalue weighted by atomic mass is 15.2. The first-order valence-electron chi connectivity index (χ1n) is 10.3. The number of nitrogens with zero attached hydrogens (tertiary/aromatic N) is 4. The number of hydrogen-bond donors (Lipinski definition) is 2. The Morgan fingerprint density at radius 3 is 2.59 bits per heavy atom. The van der Waals surface area contributed by atoms with Crippen molar-refractivity contribution in [1.29, 1.82) is 0 Å². The molecular formula is C26H22N6. The molecule has 0 spiro atoms. The molecule has 0 radical (unpaired) electrons. The molecule has 5 aromatic rings. The Labute approximate surface area is 185 Å². The zero-order valence-corrected chi connectivity index (χ0v) is 17.9. The minimum Gasteiger partial charge on any atom is -0.357 e. The third-order valence-electron chi connectivity index (χ3n) is 5.61. The molecule has 0 amide bonds. The summed E-state index contributed by atoms with van der Waals surface area (Å²) in [6, 6.07) is 10.3. The average Bonchev–Trinajstić information content (AvgIpc) is 3.41. The number of fused-ring (bicyclic) bond motifs is 1. The first-order chi connectivity index (χ1) is 15.7. The molecule has 5 heterocycles. The van der Waals surface area contributed by atoms with Crippen molar-refractivity contribution in [3.63, 3.8) is 0 Å². The number of hydrogen-bond acceptors (Lipinski definition) is 4. The summed E-state index contributed by atoms with van der Waals surface area (Å²) in [7, 11) is 0. The summed E-state index contributed by atoms with van der Waals surface area (Å²) in [5.41, 5.74) is 10.1. The maximum atomic E-state index is 4.57. The number of rotatable bonds is 5. The first-order valence-corrected chi connectivity index (χ1v) is 10.3. The van der Waals surface area contributed by atoms with Gasteiger partial charge in [0.15, 0.2) is 5.65 Å². The third kappa shape index (κ3) is 3.41. The lowest BCUT2D eigenvalue weighted by molar-refractivity contribution is 1.09. The second-order valence-corrected chi connectivity index (χ2v) is 7.66. The van der Waals surface area contributed by atoms with E-state index in [1.54, 1.807) is 24.7 Å². The smallest absolute Gasteiger partial charge is 0.181 e. The molecule has 0 aliphatic carbocycles. The third-order valence-corrected chi connectivity index (χ3v) is 5.61. The van der Waals surface area contributed by atoms with Crippen LogP contribution in [0.5, 0.6) is 0 Å². The Balaban J connectivity index is 1.63. The predicted molar refractivity (Wildman–Crippen MR) is 128 cm³/mol. The Morgan fingerprint density at radius 1 is 1.00 bits per heavy atom. The van der Waals surface area contributed by atoms with E-state index in [9.17, 15) is 0 Å². The van der Waals surface area contributed by atoms with E-state index >= 15 is 0 Å². The fraction of sp³-hybridized carbons (Fsp3) is 0.0769. The highest BCUT2D eigenvalue weighted by Gasteiger charge is 2.16. The van der Waals surface area contributed by atoms with Crippen molar-refractivity contribution in [2.75, 3.05) is 0 Å². The Kier molecular flexibility index (Phi) is 4.95. The molecule has 0 atom stereocenters. The molecule has 5 rings (SSSR count). The van der Waals surface area contributed by atoms with E-state index in [1.807, 2.05) is 36.7 Å². The van der Waals surface area contributed by atoms with Crippen LogP contribution in [0.25, 0.3) is 39.1 Å². The first kappa shape index (κ1) is 19.6. The summed E-state index contributed by atoms with van der Waals surface area (Å²) in [5.74, 6) is 0. The van der Waals surface area contributed by atoms with Crippen LogP contribution in [-0.2, 0) is 0 Å². The molecule has 0 saturated heterocycles. The van der Waals surface area contributed by atoms with Crippen LogP contribution < -0.4 is 0 Å². The monoisotopic (exact) mass is 418 g/mol. The Hall–Kier alpha value is -4.32. The predicted octanol–water partition coefficient (Wildman–Crippen LogP) is 5.64. The molecule has 6 heteroatoms. The van der Waals surface area contributed by atoms with Crippen LogP contribution in [0.15, 0.2) is 80.0 Å². The van der Waals surface area contributed by atoms with Crippen LogP contribution in [-0.4, -0.2) is 30.1 Å². The molecule has 0 saturated carbocycles. The maximum absolute atomic E-state index is 4.57. The molecule has 0 aliphatic heterocycles. The van der Waals surface area contributed by atoms with E-state index in [2.05, 4.69) is 62.7 Å². The van der Waals surface area contributed by atoms with Crippen LogP contribution in [0.2, 0.25) is 0 Å². The van der Waals surface area contributed by atoms with Gasteiger partial charge in [-0.05, 0) is 60.9 Å². The highest BCUT2D eigenvalue weighted by molar-refractivity contribution is 5.94. The highest BCUT2D eigenvalue weighted by Crippen LogP contribution is 2.33. The summed E-state index contributed by atoms with van der Waals surface area (Å²) in [6.07, 6.45) is 12.9. The number of pyridine rings is 3. The van der Waals surface area contributed by atoms with Crippen molar-refractivity contribution < 1.29 is 0 Å². The summed E-state index contributed by atoms with van der Waals surface area (Å²) in [6.45, 7) is 8.03. The largest absolute Gasteiger partial charge is 0.357 e. The molecule has 6 nitrogen and oxygen atoms in total. The van der Waals surface area contributed by atoms with E-state index in [1.165, 1.54) is 0 Å². The fourth-order valence-corrected chi connectivity index (χ4v) is 3.98. The molecule has 32 heavy (non-hydrogen) atoms. The summed E-state index contributed by atoms with van der Waals surface area (Å²) >= 11 is 0. The quantitative estimate of drug-likeness (QED) is 0.362. The zero-order valence-electron chi connectivity index (χ0n) is 17.9. The van der Waals surface area contributed by atoms with Crippen molar-refractivity contribution >= 4 is 16.6 Å². The van der Waals surface area contributed by atoms with Crippen molar-refractivity contribution in [2.24, 2.45) is 0 Å². The lowest BCUT2D eigenvalue weighted by atomic mass is 9.98. The maximum Gasteiger partial charge on any atom is 0.181 e. The van der Waals surface area contributed by atoms with Gasteiger partial charge in [-0.1, -0.05) is 18.7 Å². The molecule has 0 bridgehead atoms. The van der Waals surface area contributed by atoms with Gasteiger partial charge < -0.3 is 4.98 Å². The van der Waals surface area contributed by atoms with Crippen molar-refractivity contribution in [1.82, 2.24) is 30.1 Å². The fourth-order valence-electron chi connectivity index (χ4n) is 3.98. The molecule has 0 fully saturated rings. The van der Waals surface area contributed by atoms with Gasteiger partial charge in [-0.15, -0.1) is 0 Å². The molecule has 0 aliphatic rings. The van der Waals surface area contributed by atoms with E-state index < -0.39 is 0 Å². The van der Waals surface area contributed by atoms with Gasteiger partial charge in [0.1, 0.15) is 0 Å². The van der Waals surface area contributed by atoms with E-state index in [-0.39, 0.29) is 0 Å². The summed E-state index contributed by atoms with van der Waals surface area (Å²) < 4.78 is 0. The normalized spacial score (nSPS) is 11.8. The minimum absolute atomic E-state index is 0.676. The van der Waals surface area contributed by atoms with E-state index in [0.29, 0.717) is 5.65 Å². The lowest BCUT2D eigenvalue weighted by Crippen LogP contribution is -1.88. The SMILES string of the molecule is C=C/C=C(/c1ccncc1)c1cc(-c2[nH]nc3ncc(-c4cnccc4C)cc23)[nH]c1C. The molecule has 2 N–H and O–H groups in total. The molecule has 0 aromatic carbocycles. The van der Waals surface area contributed by atoms with Gasteiger partial charge >= 0.3 is 0 Å². The van der Waals surface area contributed by atoms with Gasteiger partial charge in [-0.2, -0.15) is 5.10 Å². The van der Waals surface area contributed by atoms with Crippen LogP contribution in [0.3, 0.4) is 0 Å². The van der Waals surface area contributed by atoms with Gasteiger partial charge in [0.2, 0.25) is 0 Å². The van der Waals surface area contributed by atoms with Crippen molar-refractivity contribution in [2.45, 2.75) is 13.8 Å². The molecule has 5 aromatic heterocycles. The molecule has 156 valence electrons. The second-order valence-electron chi connectivity index (χ2n) is 7.66. The standard InChI is InChI=1S/C26H22N6/c1-4-5-20(18-7-10-27-11-8-18)21-13-24(30-17(21)3)25-22-12-19(14-29-26(22)32-31-25)23-15-28-9-6-16(23)2/h4-15,30H,1H2,2-3H3,(H,29,31,32)/b20-5-. The lowest BCUT2D eigenvalue weighted by Gasteiger charge is -2.06. The average molecular weight is 419 g/mol.